The minimum atomic E-state index is -0.568. The normalized spacial score (nSPS) is 20.4. The number of ketones is 1. The zero-order valence-corrected chi connectivity index (χ0v) is 13.8. The molecule has 21 heavy (non-hydrogen) atoms. The minimum absolute atomic E-state index is 0.0934. The monoisotopic (exact) mass is 380 g/mol. The van der Waals surface area contributed by atoms with Crippen molar-refractivity contribution in [3.05, 3.63) is 49.7 Å². The van der Waals surface area contributed by atoms with E-state index in [1.54, 1.807) is 35.9 Å². The van der Waals surface area contributed by atoms with E-state index in [1.165, 1.54) is 23.1 Å². The minimum Gasteiger partial charge on any atom is -0.507 e. The molecule has 0 spiro atoms. The summed E-state index contributed by atoms with van der Waals surface area (Å²) in [5.74, 6) is -0.512. The van der Waals surface area contributed by atoms with Crippen molar-refractivity contribution in [2.75, 3.05) is 0 Å². The largest absolute Gasteiger partial charge is 0.507 e. The number of rotatable bonds is 2. The standard InChI is InChI=1S/C14H9BrN2O2S2/c15-8-5-7(1-2-9(8)18)6-10-12(19)11(13(16)21-10)14-17-3-4-20-14/h1-6,11,16,18H/b10-6-,16-13?/t11-/m1/s1. The number of aromatic hydroxyl groups is 1. The quantitative estimate of drug-likeness (QED) is 0.771. The fourth-order valence-corrected chi connectivity index (χ4v) is 4.16. The number of aromatic nitrogens is 1. The summed E-state index contributed by atoms with van der Waals surface area (Å²) < 4.78 is 0.568. The number of phenols is 1. The zero-order chi connectivity index (χ0) is 15.0. The molecule has 0 aliphatic carbocycles. The van der Waals surface area contributed by atoms with Gasteiger partial charge in [-0.05, 0) is 39.7 Å². The smallest absolute Gasteiger partial charge is 0.186 e. The highest BCUT2D eigenvalue weighted by Gasteiger charge is 2.38. The van der Waals surface area contributed by atoms with E-state index in [2.05, 4.69) is 20.9 Å². The van der Waals surface area contributed by atoms with Crippen molar-refractivity contribution < 1.29 is 9.90 Å². The predicted octanol–water partition coefficient (Wildman–Crippen LogP) is 4.03. The van der Waals surface area contributed by atoms with Gasteiger partial charge in [0.15, 0.2) is 5.78 Å². The first-order valence-electron chi connectivity index (χ1n) is 5.96. The van der Waals surface area contributed by atoms with E-state index in [4.69, 9.17) is 5.41 Å². The lowest BCUT2D eigenvalue weighted by Crippen LogP contribution is -2.11. The Kier molecular flexibility index (Phi) is 3.97. The van der Waals surface area contributed by atoms with Crippen LogP contribution in [0.2, 0.25) is 0 Å². The van der Waals surface area contributed by atoms with Crippen LogP contribution in [0.15, 0.2) is 39.2 Å². The van der Waals surface area contributed by atoms with Gasteiger partial charge in [0.2, 0.25) is 0 Å². The van der Waals surface area contributed by atoms with Crippen LogP contribution in [0.3, 0.4) is 0 Å². The number of Topliss-reactive ketones (excluding diaryl/α,β-unsaturated/α-hetero) is 1. The molecular weight excluding hydrogens is 372 g/mol. The molecular formula is C14H9BrN2O2S2. The summed E-state index contributed by atoms with van der Waals surface area (Å²) in [4.78, 5) is 17.1. The van der Waals surface area contributed by atoms with Crippen LogP contribution in [0.1, 0.15) is 16.5 Å². The molecule has 0 radical (unpaired) electrons. The van der Waals surface area contributed by atoms with Crippen LogP contribution in [-0.4, -0.2) is 20.9 Å². The number of thiazole rings is 1. The van der Waals surface area contributed by atoms with E-state index in [0.29, 0.717) is 19.4 Å². The molecule has 2 heterocycles. The SMILES string of the molecule is N=C1S/C(=C\c2ccc(O)c(Br)c2)C(=O)[C@H]1c1nccs1. The van der Waals surface area contributed by atoms with E-state index in [1.807, 2.05) is 0 Å². The number of halogens is 1. The number of nitrogens with one attached hydrogen (secondary N) is 1. The van der Waals surface area contributed by atoms with E-state index in [0.717, 1.165) is 5.56 Å². The molecule has 2 N–H and O–H groups in total. The molecule has 4 nitrogen and oxygen atoms in total. The van der Waals surface area contributed by atoms with Crippen LogP contribution in [-0.2, 0) is 4.79 Å². The number of benzene rings is 1. The maximum atomic E-state index is 12.4. The maximum Gasteiger partial charge on any atom is 0.186 e. The Hall–Kier alpha value is -1.44. The summed E-state index contributed by atoms with van der Waals surface area (Å²) in [5, 5.41) is 20.3. The number of thioether (sulfide) groups is 1. The van der Waals surface area contributed by atoms with E-state index < -0.39 is 5.92 Å². The van der Waals surface area contributed by atoms with Crippen LogP contribution in [0.5, 0.6) is 5.75 Å². The first kappa shape index (κ1) is 14.5. The number of phenolic OH excluding ortho intramolecular Hbond substituents is 1. The van der Waals surface area contributed by atoms with Crippen molar-refractivity contribution in [2.45, 2.75) is 5.92 Å². The first-order valence-corrected chi connectivity index (χ1v) is 8.45. The molecule has 1 aliphatic rings. The van der Waals surface area contributed by atoms with E-state index >= 15 is 0 Å². The Labute approximate surface area is 137 Å². The van der Waals surface area contributed by atoms with Gasteiger partial charge < -0.3 is 5.11 Å². The Balaban J connectivity index is 1.93. The van der Waals surface area contributed by atoms with Gasteiger partial charge in [-0.15, -0.1) is 11.3 Å². The number of carbonyl (C=O) groups is 1. The molecule has 0 saturated carbocycles. The second-order valence-corrected chi connectivity index (χ2v) is 7.22. The molecule has 106 valence electrons. The van der Waals surface area contributed by atoms with Crippen LogP contribution >= 0.6 is 39.0 Å². The van der Waals surface area contributed by atoms with Gasteiger partial charge >= 0.3 is 0 Å². The highest BCUT2D eigenvalue weighted by atomic mass is 79.9. The molecule has 2 aromatic rings. The first-order chi connectivity index (χ1) is 10.1. The maximum absolute atomic E-state index is 12.4. The molecule has 1 aromatic heterocycles. The molecule has 0 amide bonds. The highest BCUT2D eigenvalue weighted by molar-refractivity contribution is 9.10. The number of carbonyl (C=O) groups excluding carboxylic acids is 1. The number of hydrogen-bond acceptors (Lipinski definition) is 6. The Morgan fingerprint density at radius 1 is 1.43 bits per heavy atom. The second-order valence-electron chi connectivity index (χ2n) is 4.35. The summed E-state index contributed by atoms with van der Waals surface area (Å²) in [6.07, 6.45) is 3.38. The Morgan fingerprint density at radius 2 is 2.24 bits per heavy atom. The molecule has 1 aliphatic heterocycles. The fourth-order valence-electron chi connectivity index (χ4n) is 1.96. The van der Waals surface area contributed by atoms with Gasteiger partial charge in [-0.1, -0.05) is 17.8 Å². The van der Waals surface area contributed by atoms with Crippen molar-refractivity contribution in [3.63, 3.8) is 0 Å². The van der Waals surface area contributed by atoms with Gasteiger partial charge in [0, 0.05) is 11.6 Å². The second kappa shape index (κ2) is 5.75. The zero-order valence-electron chi connectivity index (χ0n) is 10.5. The number of nitrogens with zero attached hydrogens (tertiary/aromatic N) is 1. The summed E-state index contributed by atoms with van der Waals surface area (Å²) >= 11 is 5.80. The summed E-state index contributed by atoms with van der Waals surface area (Å²) in [6.45, 7) is 0. The van der Waals surface area contributed by atoms with Gasteiger partial charge in [-0.2, -0.15) is 0 Å². The lowest BCUT2D eigenvalue weighted by Gasteiger charge is -2.01. The van der Waals surface area contributed by atoms with Gasteiger partial charge in [-0.3, -0.25) is 10.2 Å². The topological polar surface area (TPSA) is 74.0 Å². The predicted molar refractivity (Wildman–Crippen MR) is 89.0 cm³/mol. The molecule has 7 heteroatoms. The summed E-state index contributed by atoms with van der Waals surface area (Å²) in [7, 11) is 0. The van der Waals surface area contributed by atoms with Gasteiger partial charge in [0.25, 0.3) is 0 Å². The highest BCUT2D eigenvalue weighted by Crippen LogP contribution is 2.41. The van der Waals surface area contributed by atoms with Crippen molar-refractivity contribution in [1.82, 2.24) is 4.98 Å². The summed E-state index contributed by atoms with van der Waals surface area (Å²) in [5.41, 5.74) is 0.795. The van der Waals surface area contributed by atoms with Gasteiger partial charge in [0.1, 0.15) is 16.7 Å². The van der Waals surface area contributed by atoms with Crippen LogP contribution < -0.4 is 0 Å². The molecule has 0 bridgehead atoms. The van der Waals surface area contributed by atoms with Crippen LogP contribution in [0, 0.1) is 5.41 Å². The number of allylic oxidation sites excluding steroid dienone is 1. The lowest BCUT2D eigenvalue weighted by molar-refractivity contribution is -0.114. The number of hydrogen-bond donors (Lipinski definition) is 2. The molecule has 1 fully saturated rings. The lowest BCUT2D eigenvalue weighted by atomic mass is 10.1. The third-order valence-corrected chi connectivity index (χ3v) is 5.43. The summed E-state index contributed by atoms with van der Waals surface area (Å²) in [6, 6.07) is 5.02. The fraction of sp³-hybridized carbons (Fsp3) is 0.0714. The molecule has 1 saturated heterocycles. The Morgan fingerprint density at radius 3 is 2.90 bits per heavy atom. The van der Waals surface area contributed by atoms with E-state index in [9.17, 15) is 9.90 Å². The van der Waals surface area contributed by atoms with Crippen molar-refractivity contribution in [1.29, 1.82) is 5.41 Å². The van der Waals surface area contributed by atoms with Gasteiger partial charge in [-0.25, -0.2) is 4.98 Å². The Bertz CT molecular complexity index is 756. The van der Waals surface area contributed by atoms with Crippen LogP contribution in [0.25, 0.3) is 6.08 Å². The average molecular weight is 381 g/mol. The van der Waals surface area contributed by atoms with Crippen molar-refractivity contribution in [2.24, 2.45) is 0 Å². The van der Waals surface area contributed by atoms with Crippen LogP contribution in [0.4, 0.5) is 0 Å². The average Bonchev–Trinajstić information content (AvgIpc) is 3.04. The molecule has 3 rings (SSSR count). The van der Waals surface area contributed by atoms with Crippen molar-refractivity contribution in [3.8, 4) is 5.75 Å². The van der Waals surface area contributed by atoms with Gasteiger partial charge in [0.05, 0.1) is 14.4 Å². The third-order valence-electron chi connectivity index (χ3n) is 2.96. The third kappa shape index (κ3) is 2.81. The molecule has 1 aromatic carbocycles. The van der Waals surface area contributed by atoms with E-state index in [-0.39, 0.29) is 11.5 Å². The molecule has 0 unspecified atom stereocenters. The van der Waals surface area contributed by atoms with Crippen molar-refractivity contribution >= 4 is 55.9 Å². The molecule has 1 atom stereocenters.